The molecular formula is C26H29F3N8O2. The van der Waals surface area contributed by atoms with E-state index in [2.05, 4.69) is 37.4 Å². The Morgan fingerprint density at radius 1 is 1.21 bits per heavy atom. The van der Waals surface area contributed by atoms with Crippen LogP contribution in [0.25, 0.3) is 11.1 Å². The highest BCUT2D eigenvalue weighted by molar-refractivity contribution is 5.83. The summed E-state index contributed by atoms with van der Waals surface area (Å²) in [6.45, 7) is 7.71. The monoisotopic (exact) mass is 542 g/mol. The Morgan fingerprint density at radius 3 is 2.64 bits per heavy atom. The van der Waals surface area contributed by atoms with Crippen molar-refractivity contribution in [1.29, 1.82) is 0 Å². The van der Waals surface area contributed by atoms with Crippen molar-refractivity contribution in [3.8, 4) is 0 Å². The van der Waals surface area contributed by atoms with E-state index in [9.17, 15) is 18.0 Å². The SMILES string of the molecule is CCN1CC2CN(c3ncc(C4(N)N=CC(C)=C(Nc5ccc6oc(=O)[nH]c6c5)N4)cc3C(F)(F)F)CC2C1. The molecule has 3 aromatic rings. The summed E-state index contributed by atoms with van der Waals surface area (Å²) in [6, 6.07) is 6.05. The highest BCUT2D eigenvalue weighted by atomic mass is 19.4. The Balaban J connectivity index is 1.26. The zero-order valence-corrected chi connectivity index (χ0v) is 21.5. The standard InChI is InChI=1S/C26H29F3N8O2/c1-3-36-10-15-12-37(13-16(15)11-36)23-19(25(27,28)29)6-17(9-31-23)26(30)32-8-14(2)22(35-26)33-18-4-5-21-20(7-18)34-24(38)39-21/h4-9,15-16,33,35H,3,10-13,30H2,1-2H3,(H,34,38). The summed E-state index contributed by atoms with van der Waals surface area (Å²) in [5.41, 5.74) is 7.96. The van der Waals surface area contributed by atoms with Crippen LogP contribution in [-0.4, -0.2) is 53.8 Å². The number of H-pyrrole nitrogens is 1. The maximum absolute atomic E-state index is 14.3. The van der Waals surface area contributed by atoms with E-state index in [4.69, 9.17) is 10.2 Å². The second-order valence-electron chi connectivity index (χ2n) is 10.4. The van der Waals surface area contributed by atoms with Gasteiger partial charge < -0.3 is 24.9 Å². The van der Waals surface area contributed by atoms with Crippen LogP contribution in [0.3, 0.4) is 0 Å². The molecule has 0 amide bonds. The van der Waals surface area contributed by atoms with Crippen LogP contribution in [0.4, 0.5) is 24.7 Å². The first-order valence-corrected chi connectivity index (χ1v) is 12.8. The topological polar surface area (TPSA) is 128 Å². The minimum atomic E-state index is -4.62. The van der Waals surface area contributed by atoms with Gasteiger partial charge >= 0.3 is 11.9 Å². The fourth-order valence-corrected chi connectivity index (χ4v) is 5.68. The molecule has 206 valence electrons. The lowest BCUT2D eigenvalue weighted by atomic mass is 10.0. The summed E-state index contributed by atoms with van der Waals surface area (Å²) in [5.74, 6) is -1.22. The van der Waals surface area contributed by atoms with E-state index in [-0.39, 0.29) is 11.4 Å². The summed E-state index contributed by atoms with van der Waals surface area (Å²) in [4.78, 5) is 26.8. The summed E-state index contributed by atoms with van der Waals surface area (Å²) in [6.07, 6.45) is -1.76. The molecule has 2 fully saturated rings. The molecule has 13 heteroatoms. The number of hydrogen-bond acceptors (Lipinski definition) is 9. The van der Waals surface area contributed by atoms with Crippen LogP contribution in [0.1, 0.15) is 25.0 Å². The van der Waals surface area contributed by atoms with Gasteiger partial charge in [0.25, 0.3) is 0 Å². The van der Waals surface area contributed by atoms with Crippen molar-refractivity contribution in [2.24, 2.45) is 22.6 Å². The number of allylic oxidation sites excluding steroid dienone is 1. The molecule has 10 nitrogen and oxygen atoms in total. The number of nitrogens with zero attached hydrogens (tertiary/aromatic N) is 4. The molecule has 5 N–H and O–H groups in total. The largest absolute Gasteiger partial charge is 0.419 e. The number of hydrogen-bond donors (Lipinski definition) is 4. The fourth-order valence-electron chi connectivity index (χ4n) is 5.68. The van der Waals surface area contributed by atoms with Gasteiger partial charge in [-0.15, -0.1) is 0 Å². The Bertz CT molecular complexity index is 1530. The van der Waals surface area contributed by atoms with Gasteiger partial charge in [-0.05, 0) is 49.6 Å². The number of nitrogens with one attached hydrogen (secondary N) is 3. The van der Waals surface area contributed by atoms with Crippen molar-refractivity contribution in [2.45, 2.75) is 25.8 Å². The number of alkyl halides is 3. The van der Waals surface area contributed by atoms with Gasteiger partial charge in [0.15, 0.2) is 5.58 Å². The number of aromatic amines is 1. The van der Waals surface area contributed by atoms with E-state index in [1.165, 1.54) is 12.4 Å². The van der Waals surface area contributed by atoms with Gasteiger partial charge in [-0.3, -0.25) is 10.7 Å². The minimum Gasteiger partial charge on any atom is -0.408 e. The van der Waals surface area contributed by atoms with Crippen LogP contribution in [0.15, 0.2) is 56.1 Å². The third kappa shape index (κ3) is 4.65. The molecule has 0 radical (unpaired) electrons. The van der Waals surface area contributed by atoms with E-state index in [0.29, 0.717) is 53.1 Å². The highest BCUT2D eigenvalue weighted by Crippen LogP contribution is 2.41. The Labute approximate surface area is 221 Å². The number of fused-ring (bicyclic) bond motifs is 2. The molecule has 1 aromatic carbocycles. The Morgan fingerprint density at radius 2 is 1.95 bits per heavy atom. The van der Waals surface area contributed by atoms with Gasteiger partial charge in [0.05, 0.1) is 11.1 Å². The number of likely N-dealkylation sites (tertiary alicyclic amines) is 1. The zero-order valence-electron chi connectivity index (χ0n) is 21.5. The molecule has 3 unspecified atom stereocenters. The predicted molar refractivity (Wildman–Crippen MR) is 141 cm³/mol. The molecule has 6 rings (SSSR count). The number of nitrogens with two attached hydrogens (primary N) is 1. The van der Waals surface area contributed by atoms with E-state index in [1.807, 2.05) is 0 Å². The van der Waals surface area contributed by atoms with E-state index >= 15 is 0 Å². The van der Waals surface area contributed by atoms with E-state index in [0.717, 1.165) is 25.7 Å². The molecule has 5 heterocycles. The second-order valence-corrected chi connectivity index (χ2v) is 10.4. The Kier molecular flexibility index (Phi) is 5.95. The number of pyridine rings is 1. The van der Waals surface area contributed by atoms with Gasteiger partial charge in [-0.2, -0.15) is 13.2 Å². The molecule has 0 spiro atoms. The maximum Gasteiger partial charge on any atom is 0.419 e. The second kappa shape index (κ2) is 9.12. The average molecular weight is 543 g/mol. The van der Waals surface area contributed by atoms with Gasteiger partial charge in [-0.25, -0.2) is 14.8 Å². The van der Waals surface area contributed by atoms with Crippen molar-refractivity contribution in [1.82, 2.24) is 20.2 Å². The maximum atomic E-state index is 14.3. The van der Waals surface area contributed by atoms with Crippen LogP contribution >= 0.6 is 0 Å². The van der Waals surface area contributed by atoms with Crippen LogP contribution in [0.2, 0.25) is 0 Å². The van der Waals surface area contributed by atoms with Crippen molar-refractivity contribution in [3.63, 3.8) is 0 Å². The summed E-state index contributed by atoms with van der Waals surface area (Å²) >= 11 is 0. The highest BCUT2D eigenvalue weighted by Gasteiger charge is 2.44. The number of benzene rings is 1. The Hall–Kier alpha value is -3.84. The van der Waals surface area contributed by atoms with Gasteiger partial charge in [0.1, 0.15) is 11.6 Å². The van der Waals surface area contributed by atoms with Crippen molar-refractivity contribution < 1.29 is 17.6 Å². The number of halogens is 3. The smallest absolute Gasteiger partial charge is 0.408 e. The quantitative estimate of drug-likeness (QED) is 0.388. The molecule has 39 heavy (non-hydrogen) atoms. The number of aliphatic imine (C=N–C) groups is 1. The molecular weight excluding hydrogens is 513 g/mol. The molecule has 3 aliphatic rings. The normalized spacial score (nSPS) is 25.4. The summed E-state index contributed by atoms with van der Waals surface area (Å²) < 4.78 is 48.0. The average Bonchev–Trinajstić information content (AvgIpc) is 3.57. The van der Waals surface area contributed by atoms with Gasteiger partial charge in [0, 0.05) is 55.4 Å². The van der Waals surface area contributed by atoms with Crippen molar-refractivity contribution >= 4 is 28.8 Å². The predicted octanol–water partition coefficient (Wildman–Crippen LogP) is 3.01. The van der Waals surface area contributed by atoms with Gasteiger partial charge in [-0.1, -0.05) is 6.92 Å². The first-order valence-electron chi connectivity index (χ1n) is 12.8. The lowest BCUT2D eigenvalue weighted by Gasteiger charge is -2.34. The fraction of sp³-hybridized carbons (Fsp3) is 0.423. The third-order valence-electron chi connectivity index (χ3n) is 7.78. The molecule has 2 saturated heterocycles. The first kappa shape index (κ1) is 25.4. The number of anilines is 2. The van der Waals surface area contributed by atoms with Gasteiger partial charge in [0.2, 0.25) is 5.79 Å². The minimum absolute atomic E-state index is 0.0698. The van der Waals surface area contributed by atoms with E-state index in [1.54, 1.807) is 30.0 Å². The van der Waals surface area contributed by atoms with Crippen LogP contribution in [0.5, 0.6) is 0 Å². The molecule has 2 aromatic heterocycles. The molecule has 3 atom stereocenters. The lowest BCUT2D eigenvalue weighted by molar-refractivity contribution is -0.137. The lowest BCUT2D eigenvalue weighted by Crippen LogP contribution is -2.52. The molecule has 3 aliphatic heterocycles. The van der Waals surface area contributed by atoms with E-state index < -0.39 is 23.3 Å². The zero-order chi connectivity index (χ0) is 27.5. The number of oxazole rings is 1. The van der Waals surface area contributed by atoms with Crippen LogP contribution in [0, 0.1) is 11.8 Å². The van der Waals surface area contributed by atoms with Crippen molar-refractivity contribution in [3.05, 3.63) is 63.5 Å². The molecule has 0 saturated carbocycles. The van der Waals surface area contributed by atoms with Crippen molar-refractivity contribution in [2.75, 3.05) is 42.9 Å². The molecule has 0 aliphatic carbocycles. The summed E-state index contributed by atoms with van der Waals surface area (Å²) in [7, 11) is 0. The van der Waals surface area contributed by atoms with Crippen LogP contribution in [-0.2, 0) is 12.0 Å². The number of aromatic nitrogens is 2. The summed E-state index contributed by atoms with van der Waals surface area (Å²) in [5, 5.41) is 6.20. The molecule has 0 bridgehead atoms. The first-order chi connectivity index (χ1) is 18.5. The number of rotatable bonds is 5. The third-order valence-corrected chi connectivity index (χ3v) is 7.78. The van der Waals surface area contributed by atoms with Crippen LogP contribution < -0.4 is 27.0 Å².